The Labute approximate surface area is 270 Å². The van der Waals surface area contributed by atoms with Crippen LogP contribution in [-0.4, -0.2) is 44.1 Å². The Morgan fingerprint density at radius 2 is 1.87 bits per heavy atom. The van der Waals surface area contributed by atoms with Crippen molar-refractivity contribution in [1.29, 1.82) is 0 Å². The van der Waals surface area contributed by atoms with E-state index in [1.165, 1.54) is 23.5 Å². The van der Waals surface area contributed by atoms with E-state index in [0.29, 0.717) is 52.0 Å². The molecule has 1 aliphatic carbocycles. The van der Waals surface area contributed by atoms with Crippen molar-refractivity contribution in [3.05, 3.63) is 93.7 Å². The maximum Gasteiger partial charge on any atom is 0.225 e. The van der Waals surface area contributed by atoms with Gasteiger partial charge in [-0.1, -0.05) is 38.1 Å². The number of aldehydes is 1. The second-order valence-corrected chi connectivity index (χ2v) is 12.3. The van der Waals surface area contributed by atoms with Gasteiger partial charge < -0.3 is 10.8 Å². The van der Waals surface area contributed by atoms with E-state index in [1.54, 1.807) is 48.4 Å². The first-order valence-electron chi connectivity index (χ1n) is 14.7. The molecule has 0 saturated heterocycles. The van der Waals surface area contributed by atoms with Gasteiger partial charge in [-0.2, -0.15) is 9.65 Å². The molecule has 0 aliphatic heterocycles. The van der Waals surface area contributed by atoms with Crippen LogP contribution in [0.25, 0.3) is 22.0 Å². The number of aromatic nitrogens is 3. The van der Waals surface area contributed by atoms with Crippen molar-refractivity contribution in [2.24, 2.45) is 5.92 Å². The maximum atomic E-state index is 14.9. The standard InChI is InChI=1S/C31H31F2N4O2S2.C2H6.CH4O/c1-4-22(25(32)5-2)23-15-20(9-10-27(23)34)30-24(12-19-8-11-29(41(3)39)26(33)13-19)28(14-18-6-7-18)37(36-30)31-35-21(16-38)17-40-31;2*1-2/h4-5,8-11,13,15-18,39H,6-7,12,14,34H2,1-3H3;1-2H3;2H,1H3/q+1;;/b22-4-,25-5+;;. The molecule has 1 atom stereocenters. The van der Waals surface area contributed by atoms with Gasteiger partial charge in [0.2, 0.25) is 10.0 Å². The fourth-order valence-electron chi connectivity index (χ4n) is 4.91. The van der Waals surface area contributed by atoms with Crippen molar-refractivity contribution in [2.75, 3.05) is 19.1 Å². The monoisotopic (exact) mass is 655 g/mol. The van der Waals surface area contributed by atoms with Gasteiger partial charge in [-0.05, 0) is 68.9 Å². The summed E-state index contributed by atoms with van der Waals surface area (Å²) in [5.74, 6) is -0.341. The molecule has 7 nitrogen and oxygen atoms in total. The zero-order chi connectivity index (χ0) is 33.3. The van der Waals surface area contributed by atoms with Crippen LogP contribution in [0.4, 0.5) is 14.5 Å². The van der Waals surface area contributed by atoms with Gasteiger partial charge in [-0.15, -0.1) is 11.3 Å². The predicted octanol–water partition coefficient (Wildman–Crippen LogP) is 8.06. The zero-order valence-corrected chi connectivity index (χ0v) is 28.1. The summed E-state index contributed by atoms with van der Waals surface area (Å²) in [5, 5.41) is 14.3. The highest BCUT2D eigenvalue weighted by Gasteiger charge is 2.30. The largest absolute Gasteiger partial charge is 0.400 e. The number of carbonyl (C=O) groups excluding carboxylic acids is 1. The molecule has 2 aromatic heterocycles. The number of halogens is 2. The third kappa shape index (κ3) is 8.35. The SMILES string of the molecule is C/C=C(\C(F)=C/C)c1cc(-c2nn(-c3nc(C=O)cs3)c(CC3CC3)c2Cc2ccc([S+](C)O)c(F)c2)ccc1N.CC.CO. The van der Waals surface area contributed by atoms with Crippen LogP contribution in [0.5, 0.6) is 0 Å². The number of rotatable bonds is 10. The van der Waals surface area contributed by atoms with E-state index in [1.807, 2.05) is 32.0 Å². The summed E-state index contributed by atoms with van der Waals surface area (Å²) < 4.78 is 41.5. The van der Waals surface area contributed by atoms with Gasteiger partial charge >= 0.3 is 0 Å². The minimum atomic E-state index is -1.20. The molecular weight excluding hydrogens is 615 g/mol. The molecule has 0 radical (unpaired) electrons. The molecule has 4 N–H and O–H groups in total. The lowest BCUT2D eigenvalue weighted by atomic mass is 9.94. The highest BCUT2D eigenvalue weighted by molar-refractivity contribution is 7.90. The number of aliphatic hydroxyl groups excluding tert-OH is 1. The predicted molar refractivity (Wildman–Crippen MR) is 182 cm³/mol. The molecule has 0 amide bonds. The van der Waals surface area contributed by atoms with Gasteiger partial charge in [-0.25, -0.2) is 18.4 Å². The highest BCUT2D eigenvalue weighted by atomic mass is 32.2. The van der Waals surface area contributed by atoms with Crippen LogP contribution in [-0.2, 0) is 24.0 Å². The van der Waals surface area contributed by atoms with E-state index in [-0.39, 0.29) is 10.7 Å². The summed E-state index contributed by atoms with van der Waals surface area (Å²) in [6.45, 7) is 7.39. The molecule has 1 aliphatic rings. The fourth-order valence-corrected chi connectivity index (χ4v) is 6.26. The second kappa shape index (κ2) is 16.6. The lowest BCUT2D eigenvalue weighted by molar-refractivity contribution is 0.111. The smallest absolute Gasteiger partial charge is 0.225 e. The molecule has 5 rings (SSSR count). The Morgan fingerprint density at radius 1 is 1.16 bits per heavy atom. The zero-order valence-electron chi connectivity index (χ0n) is 26.5. The average molecular weight is 656 g/mol. The van der Waals surface area contributed by atoms with Crippen LogP contribution >= 0.6 is 11.3 Å². The minimum absolute atomic E-state index is 0.264. The third-order valence-corrected chi connectivity index (χ3v) is 8.99. The molecule has 2 heterocycles. The van der Waals surface area contributed by atoms with Crippen molar-refractivity contribution in [3.8, 4) is 16.4 Å². The van der Waals surface area contributed by atoms with E-state index in [0.717, 1.165) is 48.8 Å². The number of allylic oxidation sites excluding steroid dienone is 4. The molecule has 1 unspecified atom stereocenters. The van der Waals surface area contributed by atoms with Gasteiger partial charge in [-0.3, -0.25) is 4.79 Å². The van der Waals surface area contributed by atoms with Gasteiger partial charge in [0.15, 0.2) is 23.3 Å². The number of aliphatic hydroxyl groups is 1. The van der Waals surface area contributed by atoms with Crippen LogP contribution in [0.2, 0.25) is 0 Å². The van der Waals surface area contributed by atoms with Gasteiger partial charge in [0.05, 0.1) is 11.4 Å². The van der Waals surface area contributed by atoms with Crippen molar-refractivity contribution in [2.45, 2.75) is 58.3 Å². The second-order valence-electron chi connectivity index (χ2n) is 10.1. The normalized spacial score (nSPS) is 13.8. The van der Waals surface area contributed by atoms with Gasteiger partial charge in [0.1, 0.15) is 17.8 Å². The van der Waals surface area contributed by atoms with E-state index < -0.39 is 17.0 Å². The molecule has 0 spiro atoms. The highest BCUT2D eigenvalue weighted by Crippen LogP contribution is 2.39. The summed E-state index contributed by atoms with van der Waals surface area (Å²) in [5.41, 5.74) is 12.0. The van der Waals surface area contributed by atoms with E-state index in [4.69, 9.17) is 15.9 Å². The summed E-state index contributed by atoms with van der Waals surface area (Å²) in [4.78, 5) is 16.2. The molecule has 2 aromatic carbocycles. The average Bonchev–Trinajstić information content (AvgIpc) is 3.63. The Balaban J connectivity index is 0.00000133. The van der Waals surface area contributed by atoms with Gasteiger partial charge in [0.25, 0.3) is 0 Å². The van der Waals surface area contributed by atoms with Crippen LogP contribution in [0.3, 0.4) is 0 Å². The van der Waals surface area contributed by atoms with E-state index >= 15 is 0 Å². The maximum absolute atomic E-state index is 14.9. The number of thiazole rings is 1. The van der Waals surface area contributed by atoms with Crippen molar-refractivity contribution >= 4 is 40.1 Å². The van der Waals surface area contributed by atoms with Crippen LogP contribution in [0.15, 0.2) is 64.7 Å². The number of hydrogen-bond donors (Lipinski definition) is 3. The van der Waals surface area contributed by atoms with E-state index in [9.17, 15) is 18.1 Å². The molecule has 240 valence electrons. The summed E-state index contributed by atoms with van der Waals surface area (Å²) >= 11 is 0.129. The number of hydrogen-bond acceptors (Lipinski definition) is 7. The molecule has 4 aromatic rings. The number of carbonyl (C=O) groups is 1. The fraction of sp³-hybridized carbons (Fsp3) is 0.324. The first-order valence-corrected chi connectivity index (χ1v) is 17.2. The Morgan fingerprint density at radius 3 is 2.42 bits per heavy atom. The van der Waals surface area contributed by atoms with Crippen LogP contribution < -0.4 is 5.73 Å². The van der Waals surface area contributed by atoms with Crippen LogP contribution in [0, 0.1) is 11.7 Å². The lowest BCUT2D eigenvalue weighted by Crippen LogP contribution is -2.06. The minimum Gasteiger partial charge on any atom is -0.400 e. The molecule has 1 saturated carbocycles. The Hall–Kier alpha value is -3.64. The third-order valence-electron chi connectivity index (χ3n) is 7.19. The van der Waals surface area contributed by atoms with E-state index in [2.05, 4.69) is 4.98 Å². The molecule has 45 heavy (non-hydrogen) atoms. The lowest BCUT2D eigenvalue weighted by Gasteiger charge is -2.12. The first kappa shape index (κ1) is 35.8. The molecule has 11 heteroatoms. The van der Waals surface area contributed by atoms with Crippen LogP contribution in [0.1, 0.15) is 73.4 Å². The molecule has 0 bridgehead atoms. The van der Waals surface area contributed by atoms with Gasteiger partial charge in [0, 0.05) is 46.9 Å². The number of nitrogens with two attached hydrogens (primary N) is 1. The molecule has 1 fully saturated rings. The number of benzene rings is 2. The first-order chi connectivity index (χ1) is 21.7. The topological polar surface area (TPSA) is 114 Å². The van der Waals surface area contributed by atoms with Crippen molar-refractivity contribution in [3.63, 3.8) is 0 Å². The quantitative estimate of drug-likeness (QED) is 0.0689. The van der Waals surface area contributed by atoms with Crippen molar-refractivity contribution < 1.29 is 23.2 Å². The Kier molecular flexibility index (Phi) is 13.2. The number of anilines is 1. The Bertz CT molecular complexity index is 1670. The van der Waals surface area contributed by atoms with Crippen molar-refractivity contribution in [1.82, 2.24) is 14.8 Å². The summed E-state index contributed by atoms with van der Waals surface area (Å²) in [6, 6.07) is 10.3. The summed E-state index contributed by atoms with van der Waals surface area (Å²) in [7, 11) is 1.00. The molecular formula is C34H41F2N4O3S2+. The number of nitrogens with zero attached hydrogens (tertiary/aromatic N) is 3. The summed E-state index contributed by atoms with van der Waals surface area (Å²) in [6.07, 6.45) is 8.70. The number of nitrogen functional groups attached to an aromatic ring is 1.